The van der Waals surface area contributed by atoms with Crippen LogP contribution in [0.3, 0.4) is 0 Å². The van der Waals surface area contributed by atoms with Gasteiger partial charge in [-0.1, -0.05) is 11.6 Å². The average Bonchev–Trinajstić information content (AvgIpc) is 2.25. The first-order valence-electron chi connectivity index (χ1n) is 5.48. The maximum atomic E-state index is 11.5. The maximum absolute atomic E-state index is 11.5. The third-order valence-corrected chi connectivity index (χ3v) is 2.20. The van der Waals surface area contributed by atoms with Crippen molar-refractivity contribution in [2.24, 2.45) is 0 Å². The highest BCUT2D eigenvalue weighted by atomic mass is 16.1. The Morgan fingerprint density at radius 1 is 1.06 bits per heavy atom. The van der Waals surface area contributed by atoms with Crippen LogP contribution in [0.15, 0.2) is 35.5 Å². The number of allylic oxidation sites excluding steroid dienone is 6. The minimum absolute atomic E-state index is 0.143. The van der Waals surface area contributed by atoms with E-state index in [1.54, 1.807) is 6.92 Å². The highest BCUT2D eigenvalue weighted by molar-refractivity contribution is 6.06. The molecule has 3 nitrogen and oxygen atoms in total. The predicted molar refractivity (Wildman–Crippen MR) is 67.6 cm³/mol. The van der Waals surface area contributed by atoms with Gasteiger partial charge in [-0.15, -0.1) is 0 Å². The highest BCUT2D eigenvalue weighted by Crippen LogP contribution is 2.07. The van der Waals surface area contributed by atoms with E-state index in [1.807, 2.05) is 13.0 Å². The van der Waals surface area contributed by atoms with Crippen LogP contribution in [0.4, 0.5) is 0 Å². The summed E-state index contributed by atoms with van der Waals surface area (Å²) in [5, 5.41) is 0. The van der Waals surface area contributed by atoms with Crippen LogP contribution < -0.4 is 0 Å². The molecule has 0 spiro atoms. The van der Waals surface area contributed by atoms with Gasteiger partial charge in [-0.2, -0.15) is 0 Å². The van der Waals surface area contributed by atoms with Crippen LogP contribution >= 0.6 is 0 Å². The first kappa shape index (κ1) is 15.2. The van der Waals surface area contributed by atoms with Gasteiger partial charge in [0.05, 0.1) is 0 Å². The Labute approximate surface area is 102 Å². The van der Waals surface area contributed by atoms with Crippen LogP contribution in [0.1, 0.15) is 33.6 Å². The fraction of sp³-hybridized carbons (Fsp3) is 0.357. The van der Waals surface area contributed by atoms with Gasteiger partial charge in [0.15, 0.2) is 11.6 Å². The van der Waals surface area contributed by atoms with Crippen molar-refractivity contribution in [2.45, 2.75) is 33.6 Å². The lowest BCUT2D eigenvalue weighted by Gasteiger charge is -1.97. The smallest absolute Gasteiger partial charge is 0.181 e. The summed E-state index contributed by atoms with van der Waals surface area (Å²) in [5.74, 6) is -0.298. The van der Waals surface area contributed by atoms with Gasteiger partial charge in [0.1, 0.15) is 6.29 Å². The van der Waals surface area contributed by atoms with Crippen molar-refractivity contribution < 1.29 is 14.4 Å². The normalized spacial score (nSPS) is 12.9. The van der Waals surface area contributed by atoms with Gasteiger partial charge in [0.2, 0.25) is 0 Å². The molecule has 0 aliphatic carbocycles. The lowest BCUT2D eigenvalue weighted by Crippen LogP contribution is -1.96. The van der Waals surface area contributed by atoms with Gasteiger partial charge < -0.3 is 0 Å². The third kappa shape index (κ3) is 8.08. The first-order valence-corrected chi connectivity index (χ1v) is 5.48. The zero-order valence-electron chi connectivity index (χ0n) is 10.5. The molecule has 0 heterocycles. The number of ketones is 2. The number of carbonyl (C=O) groups excluding carboxylic acids is 3. The van der Waals surface area contributed by atoms with Crippen LogP contribution in [0, 0.1) is 0 Å². The number of aldehydes is 1. The van der Waals surface area contributed by atoms with Crippen molar-refractivity contribution in [2.75, 3.05) is 0 Å². The lowest BCUT2D eigenvalue weighted by molar-refractivity contribution is -0.114. The summed E-state index contributed by atoms with van der Waals surface area (Å²) in [5.41, 5.74) is 1.59. The van der Waals surface area contributed by atoms with Gasteiger partial charge >= 0.3 is 0 Å². The lowest BCUT2D eigenvalue weighted by atomic mass is 10.1. The van der Waals surface area contributed by atoms with E-state index in [0.29, 0.717) is 12.0 Å². The van der Waals surface area contributed by atoms with Crippen molar-refractivity contribution in [1.29, 1.82) is 0 Å². The van der Waals surface area contributed by atoms with Crippen LogP contribution in [0.2, 0.25) is 0 Å². The Bertz CT molecular complexity index is 384. The molecule has 0 saturated heterocycles. The quantitative estimate of drug-likeness (QED) is 0.502. The molecule has 0 N–H and O–H groups in total. The minimum atomic E-state index is -0.155. The number of hydrogen-bond acceptors (Lipinski definition) is 3. The highest BCUT2D eigenvalue weighted by Gasteiger charge is 1.99. The number of hydrogen-bond donors (Lipinski definition) is 0. The second-order valence-electron chi connectivity index (χ2n) is 3.88. The van der Waals surface area contributed by atoms with Crippen LogP contribution in [0.5, 0.6) is 0 Å². The Balaban J connectivity index is 4.26. The second-order valence-corrected chi connectivity index (χ2v) is 3.88. The zero-order valence-corrected chi connectivity index (χ0v) is 10.5. The molecule has 0 bridgehead atoms. The molecule has 0 amide bonds. The van der Waals surface area contributed by atoms with Gasteiger partial charge in [-0.3, -0.25) is 14.4 Å². The Morgan fingerprint density at radius 2 is 1.71 bits per heavy atom. The molecule has 0 rings (SSSR count). The summed E-state index contributed by atoms with van der Waals surface area (Å²) in [6.07, 6.45) is 8.09. The van der Waals surface area contributed by atoms with E-state index < -0.39 is 0 Å². The first-order chi connectivity index (χ1) is 7.97. The summed E-state index contributed by atoms with van der Waals surface area (Å²) >= 11 is 0. The Morgan fingerprint density at radius 3 is 2.24 bits per heavy atom. The summed E-state index contributed by atoms with van der Waals surface area (Å²) in [4.78, 5) is 32.3. The van der Waals surface area contributed by atoms with Gasteiger partial charge in [0.25, 0.3) is 0 Å². The molecule has 0 unspecified atom stereocenters. The van der Waals surface area contributed by atoms with Crippen molar-refractivity contribution in [1.82, 2.24) is 0 Å². The second kappa shape index (κ2) is 8.39. The van der Waals surface area contributed by atoms with Crippen molar-refractivity contribution in [3.8, 4) is 0 Å². The summed E-state index contributed by atoms with van der Waals surface area (Å²) in [7, 11) is 0. The zero-order chi connectivity index (χ0) is 13.3. The third-order valence-electron chi connectivity index (χ3n) is 2.20. The monoisotopic (exact) mass is 234 g/mol. The number of carbonyl (C=O) groups is 3. The number of rotatable bonds is 7. The van der Waals surface area contributed by atoms with E-state index in [4.69, 9.17) is 0 Å². The maximum Gasteiger partial charge on any atom is 0.181 e. The summed E-state index contributed by atoms with van der Waals surface area (Å²) in [6, 6.07) is 0. The van der Waals surface area contributed by atoms with Gasteiger partial charge in [-0.05, 0) is 57.4 Å². The molecule has 0 aromatic carbocycles. The minimum Gasteiger partial charge on any atom is -0.299 e. The molecule has 0 aliphatic heterocycles. The van der Waals surface area contributed by atoms with E-state index in [1.165, 1.54) is 25.2 Å². The molecule has 92 valence electrons. The largest absolute Gasteiger partial charge is 0.299 e. The molecule has 17 heavy (non-hydrogen) atoms. The predicted octanol–water partition coefficient (Wildman–Crippen LogP) is 2.57. The summed E-state index contributed by atoms with van der Waals surface area (Å²) < 4.78 is 0. The van der Waals surface area contributed by atoms with Crippen LogP contribution in [-0.2, 0) is 14.4 Å². The molecule has 0 aromatic rings. The molecular formula is C14H18O3. The van der Waals surface area contributed by atoms with E-state index in [-0.39, 0.29) is 11.6 Å². The standard InChI is InChI=1S/C14H18O3/c1-11(9-10-15)5-4-6-12(2)14(17)8-7-13(3)16/h6-10H,4-5H2,1-3H3/b8-7-,11-9+,12-6+. The Hall–Kier alpha value is -1.77. The molecule has 3 heteroatoms. The molecule has 0 aromatic heterocycles. The van der Waals surface area contributed by atoms with Crippen molar-refractivity contribution >= 4 is 17.9 Å². The molecule has 0 aliphatic rings. The SMILES string of the molecule is CC(=O)/C=C\C(=O)/C(C)=C/CC/C(C)=C/C=O. The molecular weight excluding hydrogens is 216 g/mol. The fourth-order valence-corrected chi connectivity index (χ4v) is 1.14. The average molecular weight is 234 g/mol. The van der Waals surface area contributed by atoms with Gasteiger partial charge in [-0.25, -0.2) is 0 Å². The van der Waals surface area contributed by atoms with Crippen molar-refractivity contribution in [3.05, 3.63) is 35.5 Å². The summed E-state index contributed by atoms with van der Waals surface area (Å²) in [6.45, 7) is 4.98. The van der Waals surface area contributed by atoms with Crippen LogP contribution in [-0.4, -0.2) is 17.9 Å². The van der Waals surface area contributed by atoms with E-state index in [9.17, 15) is 14.4 Å². The van der Waals surface area contributed by atoms with E-state index in [0.717, 1.165) is 18.3 Å². The molecule has 0 atom stereocenters. The van der Waals surface area contributed by atoms with E-state index in [2.05, 4.69) is 0 Å². The topological polar surface area (TPSA) is 51.2 Å². The van der Waals surface area contributed by atoms with Gasteiger partial charge in [0, 0.05) is 0 Å². The van der Waals surface area contributed by atoms with Crippen molar-refractivity contribution in [3.63, 3.8) is 0 Å². The van der Waals surface area contributed by atoms with Crippen LogP contribution in [0.25, 0.3) is 0 Å². The molecule has 0 radical (unpaired) electrons. The molecule has 0 fully saturated rings. The Kier molecular flexibility index (Phi) is 7.52. The fourth-order valence-electron chi connectivity index (χ4n) is 1.14. The van der Waals surface area contributed by atoms with E-state index >= 15 is 0 Å². The molecule has 0 saturated carbocycles.